The standard InChI is InChI=1S/C12H18OS/c1-12(2,3)10-8-6-7-9-11(10)14(4,5)13/h6-9H,4H2,1-3,5H3. The van der Waals surface area contributed by atoms with Gasteiger partial charge in [0.05, 0.1) is 0 Å². The first kappa shape index (κ1) is 11.3. The van der Waals surface area contributed by atoms with Gasteiger partial charge in [-0.3, -0.25) is 4.21 Å². The molecule has 1 nitrogen and oxygen atoms in total. The Morgan fingerprint density at radius 2 is 1.71 bits per heavy atom. The molecule has 0 fully saturated rings. The lowest BCUT2D eigenvalue weighted by atomic mass is 9.87. The fourth-order valence-electron chi connectivity index (χ4n) is 1.46. The molecule has 0 bridgehead atoms. The molecular weight excluding hydrogens is 192 g/mol. The van der Waals surface area contributed by atoms with Gasteiger partial charge >= 0.3 is 0 Å². The zero-order chi connectivity index (χ0) is 11.0. The molecule has 0 N–H and O–H groups in total. The summed E-state index contributed by atoms with van der Waals surface area (Å²) in [5.41, 5.74) is 1.15. The van der Waals surface area contributed by atoms with Crippen LogP contribution in [0.25, 0.3) is 0 Å². The lowest BCUT2D eigenvalue weighted by Gasteiger charge is -2.23. The van der Waals surface area contributed by atoms with Crippen molar-refractivity contribution in [2.75, 3.05) is 6.26 Å². The maximum Gasteiger partial charge on any atom is 0.0339 e. The lowest BCUT2D eigenvalue weighted by molar-refractivity contribution is 0.575. The lowest BCUT2D eigenvalue weighted by Crippen LogP contribution is -2.16. The van der Waals surface area contributed by atoms with E-state index in [1.54, 1.807) is 6.26 Å². The smallest absolute Gasteiger partial charge is 0.0339 e. The van der Waals surface area contributed by atoms with Crippen LogP contribution in [-0.4, -0.2) is 16.3 Å². The van der Waals surface area contributed by atoms with Crippen molar-refractivity contribution in [3.05, 3.63) is 29.8 Å². The molecule has 0 radical (unpaired) electrons. The average Bonchev–Trinajstić information content (AvgIpc) is 2.01. The highest BCUT2D eigenvalue weighted by Crippen LogP contribution is 2.28. The molecule has 1 aromatic carbocycles. The SMILES string of the molecule is C=S(C)(=O)c1ccccc1C(C)(C)C. The molecule has 0 amide bonds. The Morgan fingerprint density at radius 3 is 2.07 bits per heavy atom. The van der Waals surface area contributed by atoms with E-state index in [1.807, 2.05) is 24.3 Å². The number of hydrogen-bond donors (Lipinski definition) is 0. The van der Waals surface area contributed by atoms with Gasteiger partial charge in [-0.25, -0.2) is 0 Å². The molecule has 1 aromatic rings. The van der Waals surface area contributed by atoms with Crippen molar-refractivity contribution < 1.29 is 4.21 Å². The van der Waals surface area contributed by atoms with Crippen molar-refractivity contribution >= 4 is 15.4 Å². The van der Waals surface area contributed by atoms with E-state index in [2.05, 4.69) is 26.6 Å². The van der Waals surface area contributed by atoms with E-state index in [4.69, 9.17) is 0 Å². The van der Waals surface area contributed by atoms with Gasteiger partial charge in [-0.2, -0.15) is 0 Å². The van der Waals surface area contributed by atoms with Crippen LogP contribution in [0, 0.1) is 0 Å². The van der Waals surface area contributed by atoms with Gasteiger partial charge in [0.25, 0.3) is 0 Å². The Bertz CT molecular complexity index is 422. The normalized spacial score (nSPS) is 16.3. The molecule has 1 atom stereocenters. The van der Waals surface area contributed by atoms with Gasteiger partial charge in [0, 0.05) is 11.2 Å². The van der Waals surface area contributed by atoms with Crippen LogP contribution in [0.5, 0.6) is 0 Å². The number of rotatable bonds is 1. The van der Waals surface area contributed by atoms with Crippen LogP contribution >= 0.6 is 0 Å². The fourth-order valence-corrected chi connectivity index (χ4v) is 2.67. The maximum absolute atomic E-state index is 11.9. The summed E-state index contributed by atoms with van der Waals surface area (Å²) >= 11 is 0. The van der Waals surface area contributed by atoms with E-state index in [-0.39, 0.29) is 5.41 Å². The van der Waals surface area contributed by atoms with Crippen molar-refractivity contribution in [1.29, 1.82) is 0 Å². The minimum absolute atomic E-state index is 0.0208. The molecule has 0 aliphatic carbocycles. The molecule has 0 spiro atoms. The van der Waals surface area contributed by atoms with E-state index in [0.717, 1.165) is 10.5 Å². The third-order valence-corrected chi connectivity index (χ3v) is 3.45. The minimum Gasteiger partial charge on any atom is -0.263 e. The molecule has 78 valence electrons. The molecule has 0 saturated carbocycles. The van der Waals surface area contributed by atoms with E-state index < -0.39 is 9.52 Å². The topological polar surface area (TPSA) is 17.1 Å². The van der Waals surface area contributed by atoms with E-state index in [1.165, 1.54) is 0 Å². The van der Waals surface area contributed by atoms with Crippen LogP contribution in [0.3, 0.4) is 0 Å². The molecule has 1 rings (SSSR count). The molecule has 0 heterocycles. The van der Waals surface area contributed by atoms with Gasteiger partial charge in [-0.05, 0) is 32.4 Å². The Morgan fingerprint density at radius 1 is 1.21 bits per heavy atom. The number of benzene rings is 1. The van der Waals surface area contributed by atoms with Gasteiger partial charge in [0.1, 0.15) is 0 Å². The van der Waals surface area contributed by atoms with Crippen LogP contribution < -0.4 is 0 Å². The summed E-state index contributed by atoms with van der Waals surface area (Å²) in [6.07, 6.45) is 1.69. The Labute approximate surface area is 87.2 Å². The van der Waals surface area contributed by atoms with Gasteiger partial charge in [0.2, 0.25) is 0 Å². The molecule has 1 unspecified atom stereocenters. The van der Waals surface area contributed by atoms with Crippen molar-refractivity contribution in [3.8, 4) is 0 Å². The van der Waals surface area contributed by atoms with E-state index in [0.29, 0.717) is 0 Å². The van der Waals surface area contributed by atoms with Crippen LogP contribution in [0.2, 0.25) is 0 Å². The third kappa shape index (κ3) is 2.38. The van der Waals surface area contributed by atoms with Crippen LogP contribution in [0.1, 0.15) is 26.3 Å². The van der Waals surface area contributed by atoms with Gasteiger partial charge in [-0.1, -0.05) is 39.0 Å². The number of hydrogen-bond acceptors (Lipinski definition) is 1. The monoisotopic (exact) mass is 210 g/mol. The van der Waals surface area contributed by atoms with Crippen LogP contribution in [0.4, 0.5) is 0 Å². The fraction of sp³-hybridized carbons (Fsp3) is 0.417. The second-order valence-electron chi connectivity index (χ2n) is 4.75. The van der Waals surface area contributed by atoms with Gasteiger partial charge in [0.15, 0.2) is 0 Å². The van der Waals surface area contributed by atoms with Crippen LogP contribution in [-0.2, 0) is 14.9 Å². The Kier molecular flexibility index (Phi) is 2.77. The van der Waals surface area contributed by atoms with Crippen molar-refractivity contribution in [3.63, 3.8) is 0 Å². The molecule has 2 heteroatoms. The minimum atomic E-state index is -2.12. The first-order valence-electron chi connectivity index (χ1n) is 4.65. The summed E-state index contributed by atoms with van der Waals surface area (Å²) in [7, 11) is -2.12. The summed E-state index contributed by atoms with van der Waals surface area (Å²) in [5, 5.41) is 0. The zero-order valence-electron chi connectivity index (χ0n) is 9.33. The summed E-state index contributed by atoms with van der Waals surface area (Å²) in [4.78, 5) is 0.882. The maximum atomic E-state index is 11.9. The highest BCUT2D eigenvalue weighted by molar-refractivity contribution is 7.99. The highest BCUT2D eigenvalue weighted by atomic mass is 32.2. The van der Waals surface area contributed by atoms with Crippen molar-refractivity contribution in [2.24, 2.45) is 0 Å². The molecular formula is C12H18OS. The highest BCUT2D eigenvalue weighted by Gasteiger charge is 2.19. The average molecular weight is 210 g/mol. The second kappa shape index (κ2) is 3.43. The quantitative estimate of drug-likeness (QED) is 0.651. The molecule has 14 heavy (non-hydrogen) atoms. The first-order chi connectivity index (χ1) is 6.23. The van der Waals surface area contributed by atoms with Gasteiger partial charge in [-0.15, -0.1) is 0 Å². The second-order valence-corrected chi connectivity index (χ2v) is 7.20. The predicted molar refractivity (Wildman–Crippen MR) is 64.6 cm³/mol. The zero-order valence-corrected chi connectivity index (χ0v) is 10.1. The van der Waals surface area contributed by atoms with Crippen molar-refractivity contribution in [1.82, 2.24) is 0 Å². The third-order valence-electron chi connectivity index (χ3n) is 2.16. The predicted octanol–water partition coefficient (Wildman–Crippen LogP) is 2.69. The van der Waals surface area contributed by atoms with E-state index >= 15 is 0 Å². The van der Waals surface area contributed by atoms with Crippen molar-refractivity contribution in [2.45, 2.75) is 31.1 Å². The summed E-state index contributed by atoms with van der Waals surface area (Å²) in [5.74, 6) is 3.74. The van der Waals surface area contributed by atoms with E-state index in [9.17, 15) is 4.21 Å². The first-order valence-corrected chi connectivity index (χ1v) is 6.78. The summed E-state index contributed by atoms with van der Waals surface area (Å²) in [6, 6.07) is 7.84. The molecule has 0 aromatic heterocycles. The Balaban J connectivity index is 3.47. The molecule has 0 aliphatic heterocycles. The largest absolute Gasteiger partial charge is 0.263 e. The molecule has 0 aliphatic rings. The van der Waals surface area contributed by atoms with Gasteiger partial charge < -0.3 is 0 Å². The Hall–Kier alpha value is -0.760. The molecule has 0 saturated heterocycles. The summed E-state index contributed by atoms with van der Waals surface area (Å²) in [6.45, 7) is 6.37. The van der Waals surface area contributed by atoms with Crippen LogP contribution in [0.15, 0.2) is 29.2 Å². The summed E-state index contributed by atoms with van der Waals surface area (Å²) < 4.78 is 11.9.